The number of hydrogen-bond acceptors (Lipinski definition) is 2. The zero-order chi connectivity index (χ0) is 38.4. The minimum atomic E-state index is 0.331. The minimum absolute atomic E-state index is 0.331. The first-order chi connectivity index (χ1) is 28.7. The molecule has 10 aromatic rings. The number of hydrogen-bond donors (Lipinski definition) is 0. The number of benzene rings is 9. The van der Waals surface area contributed by atoms with Crippen molar-refractivity contribution in [1.82, 2.24) is 0 Å². The Morgan fingerprint density at radius 2 is 1.09 bits per heavy atom. The van der Waals surface area contributed by atoms with Gasteiger partial charge in [-0.2, -0.15) is 0 Å². The lowest BCUT2D eigenvalue weighted by molar-refractivity contribution is 0.669. The molecule has 274 valence electrons. The average molecular weight is 742 g/mol. The van der Waals surface area contributed by atoms with Gasteiger partial charge in [0, 0.05) is 33.5 Å². The highest BCUT2D eigenvalue weighted by molar-refractivity contribution is 6.11. The molecule has 0 spiro atoms. The zero-order valence-corrected chi connectivity index (χ0v) is 31.9. The maximum atomic E-state index is 6.45. The van der Waals surface area contributed by atoms with E-state index in [-0.39, 0.29) is 0 Å². The molecule has 0 fully saturated rings. The van der Waals surface area contributed by atoms with Gasteiger partial charge in [0.25, 0.3) is 0 Å². The van der Waals surface area contributed by atoms with Gasteiger partial charge in [0.05, 0.1) is 11.4 Å². The fraction of sp³-hybridized carbons (Fsp3) is 0.0357. The smallest absolute Gasteiger partial charge is 0.136 e. The third-order valence-corrected chi connectivity index (χ3v) is 11.8. The van der Waals surface area contributed by atoms with Gasteiger partial charge >= 0.3 is 0 Å². The van der Waals surface area contributed by atoms with Crippen LogP contribution in [-0.2, 0) is 0 Å². The molecule has 1 atom stereocenters. The Morgan fingerprint density at radius 3 is 1.90 bits per heavy atom. The topological polar surface area (TPSA) is 16.4 Å². The lowest BCUT2D eigenvalue weighted by Gasteiger charge is -2.31. The fourth-order valence-corrected chi connectivity index (χ4v) is 8.78. The predicted octanol–water partition coefficient (Wildman–Crippen LogP) is 16.0. The van der Waals surface area contributed by atoms with E-state index in [9.17, 15) is 0 Å². The Morgan fingerprint density at radius 1 is 0.414 bits per heavy atom. The van der Waals surface area contributed by atoms with E-state index in [2.05, 4.69) is 223 Å². The van der Waals surface area contributed by atoms with Gasteiger partial charge in [-0.1, -0.05) is 158 Å². The van der Waals surface area contributed by atoms with Crippen molar-refractivity contribution in [2.75, 3.05) is 4.90 Å². The summed E-state index contributed by atoms with van der Waals surface area (Å²) in [5.41, 5.74) is 13.5. The molecule has 0 saturated heterocycles. The summed E-state index contributed by atoms with van der Waals surface area (Å²) in [6.07, 6.45) is 9.90. The van der Waals surface area contributed by atoms with E-state index in [1.807, 2.05) is 0 Å². The third kappa shape index (κ3) is 6.07. The van der Waals surface area contributed by atoms with Crippen molar-refractivity contribution in [3.63, 3.8) is 0 Å². The molecule has 1 aliphatic rings. The third-order valence-electron chi connectivity index (χ3n) is 11.8. The van der Waals surface area contributed by atoms with Crippen LogP contribution in [0.3, 0.4) is 0 Å². The Kier molecular flexibility index (Phi) is 8.33. The first-order valence-electron chi connectivity index (χ1n) is 20.1. The molecule has 0 saturated carbocycles. The Hall–Kier alpha value is -7.42. The van der Waals surface area contributed by atoms with Crippen LogP contribution in [-0.4, -0.2) is 0 Å². The van der Waals surface area contributed by atoms with Crippen LogP contribution in [0.4, 0.5) is 17.1 Å². The van der Waals surface area contributed by atoms with Crippen molar-refractivity contribution >= 4 is 60.5 Å². The lowest BCUT2D eigenvalue weighted by atomic mass is 9.89. The number of rotatable bonds is 7. The van der Waals surface area contributed by atoms with Crippen LogP contribution in [0.25, 0.3) is 76.9 Å². The minimum Gasteiger partial charge on any atom is -0.456 e. The molecule has 1 unspecified atom stereocenters. The number of allylic oxidation sites excluding steroid dienone is 4. The summed E-state index contributed by atoms with van der Waals surface area (Å²) < 4.78 is 6.45. The molecule has 0 N–H and O–H groups in total. The SMILES string of the molecule is C1=CCC(c2ccc(N(c3ccc(-c4ccc5ccccc5c4)cc3)c3ccccc3-c3ccc4oc5cc6ccccc6cc5c4c3)c(-c3ccccc3)c2)C=C1. The van der Waals surface area contributed by atoms with Crippen LogP contribution in [0.1, 0.15) is 17.9 Å². The molecule has 11 rings (SSSR count). The summed E-state index contributed by atoms with van der Waals surface area (Å²) >= 11 is 0. The highest BCUT2D eigenvalue weighted by Crippen LogP contribution is 2.47. The van der Waals surface area contributed by atoms with Crippen LogP contribution in [0.15, 0.2) is 223 Å². The Bertz CT molecular complexity index is 3200. The zero-order valence-electron chi connectivity index (χ0n) is 31.9. The predicted molar refractivity (Wildman–Crippen MR) is 245 cm³/mol. The van der Waals surface area contributed by atoms with Crippen LogP contribution in [0.2, 0.25) is 0 Å². The van der Waals surface area contributed by atoms with Crippen LogP contribution >= 0.6 is 0 Å². The van der Waals surface area contributed by atoms with Crippen molar-refractivity contribution in [3.05, 3.63) is 224 Å². The second kappa shape index (κ2) is 14.3. The molecule has 9 aromatic carbocycles. The molecule has 0 radical (unpaired) electrons. The largest absolute Gasteiger partial charge is 0.456 e. The van der Waals surface area contributed by atoms with E-state index in [4.69, 9.17) is 4.42 Å². The molecule has 1 heterocycles. The molecule has 2 heteroatoms. The fourth-order valence-electron chi connectivity index (χ4n) is 8.78. The van der Waals surface area contributed by atoms with Gasteiger partial charge < -0.3 is 9.32 Å². The summed E-state index contributed by atoms with van der Waals surface area (Å²) in [5.74, 6) is 0.331. The van der Waals surface area contributed by atoms with E-state index in [1.54, 1.807) is 0 Å². The standard InChI is InChI=1S/C56H39NO/c1-3-13-38(14-4-1)46-27-31-54(50(34-46)41-16-5-2-6-17-41)57(48-29-25-40(26-30-48)45-24-23-39-15-7-8-18-42(39)33-45)53-22-12-11-21-49(53)47-28-32-55-51(36-47)52-35-43-19-9-10-20-44(43)37-56(52)58-55/h1-13,15-38H,14H2. The van der Waals surface area contributed by atoms with Gasteiger partial charge in [-0.3, -0.25) is 0 Å². The maximum Gasteiger partial charge on any atom is 0.136 e. The van der Waals surface area contributed by atoms with E-state index in [0.717, 1.165) is 56.5 Å². The van der Waals surface area contributed by atoms with Gasteiger partial charge in [0.1, 0.15) is 11.2 Å². The van der Waals surface area contributed by atoms with E-state index in [1.165, 1.54) is 49.4 Å². The van der Waals surface area contributed by atoms with Crippen LogP contribution < -0.4 is 4.90 Å². The van der Waals surface area contributed by atoms with Gasteiger partial charge in [-0.25, -0.2) is 0 Å². The molecule has 0 aliphatic heterocycles. The van der Waals surface area contributed by atoms with E-state index in [0.29, 0.717) is 5.92 Å². The Balaban J connectivity index is 1.10. The number of anilines is 3. The van der Waals surface area contributed by atoms with Crippen LogP contribution in [0, 0.1) is 0 Å². The number of nitrogens with zero attached hydrogens (tertiary/aromatic N) is 1. The van der Waals surface area contributed by atoms with Crippen molar-refractivity contribution in [3.8, 4) is 33.4 Å². The van der Waals surface area contributed by atoms with Gasteiger partial charge in [-0.05, 0) is 116 Å². The van der Waals surface area contributed by atoms with Crippen molar-refractivity contribution in [2.24, 2.45) is 0 Å². The second-order valence-corrected chi connectivity index (χ2v) is 15.3. The highest BCUT2D eigenvalue weighted by atomic mass is 16.3. The summed E-state index contributed by atoms with van der Waals surface area (Å²) in [6, 6.07) is 70.6. The molecule has 0 bridgehead atoms. The first kappa shape index (κ1) is 33.9. The molecule has 2 nitrogen and oxygen atoms in total. The molecule has 1 aliphatic carbocycles. The van der Waals surface area contributed by atoms with Gasteiger partial charge in [0.15, 0.2) is 0 Å². The second-order valence-electron chi connectivity index (χ2n) is 15.3. The van der Waals surface area contributed by atoms with E-state index < -0.39 is 0 Å². The average Bonchev–Trinajstić information content (AvgIpc) is 3.65. The highest BCUT2D eigenvalue weighted by Gasteiger charge is 2.23. The number of furan rings is 1. The first-order valence-corrected chi connectivity index (χ1v) is 20.1. The summed E-state index contributed by atoms with van der Waals surface area (Å²) in [6.45, 7) is 0. The van der Waals surface area contributed by atoms with Crippen molar-refractivity contribution < 1.29 is 4.42 Å². The Labute approximate surface area is 338 Å². The molecule has 58 heavy (non-hydrogen) atoms. The van der Waals surface area contributed by atoms with Gasteiger partial charge in [0.2, 0.25) is 0 Å². The lowest BCUT2D eigenvalue weighted by Crippen LogP contribution is -2.13. The van der Waals surface area contributed by atoms with Crippen molar-refractivity contribution in [2.45, 2.75) is 12.3 Å². The number of fused-ring (bicyclic) bond motifs is 5. The normalized spacial score (nSPS) is 13.8. The monoisotopic (exact) mass is 741 g/mol. The van der Waals surface area contributed by atoms with Crippen LogP contribution in [0.5, 0.6) is 0 Å². The summed E-state index contributed by atoms with van der Waals surface area (Å²) in [7, 11) is 0. The molecular formula is C56H39NO. The summed E-state index contributed by atoms with van der Waals surface area (Å²) in [5, 5.41) is 7.12. The molecule has 0 amide bonds. The molecule has 1 aromatic heterocycles. The number of para-hydroxylation sites is 1. The van der Waals surface area contributed by atoms with E-state index >= 15 is 0 Å². The van der Waals surface area contributed by atoms with Gasteiger partial charge in [-0.15, -0.1) is 0 Å². The van der Waals surface area contributed by atoms with Crippen molar-refractivity contribution in [1.29, 1.82) is 0 Å². The molecular weight excluding hydrogens is 703 g/mol. The maximum absolute atomic E-state index is 6.45. The quantitative estimate of drug-likeness (QED) is 0.162. The summed E-state index contributed by atoms with van der Waals surface area (Å²) in [4.78, 5) is 2.45.